The van der Waals surface area contributed by atoms with E-state index in [4.69, 9.17) is 0 Å². The van der Waals surface area contributed by atoms with Crippen molar-refractivity contribution in [2.24, 2.45) is 0 Å². The van der Waals surface area contributed by atoms with Gasteiger partial charge in [-0.2, -0.15) is 11.8 Å². The molecule has 0 saturated carbocycles. The summed E-state index contributed by atoms with van der Waals surface area (Å²) < 4.78 is 0. The van der Waals surface area contributed by atoms with Gasteiger partial charge in [0.25, 0.3) is 0 Å². The zero-order valence-corrected chi connectivity index (χ0v) is 12.6. The highest BCUT2D eigenvalue weighted by atomic mass is 32.2. The van der Waals surface area contributed by atoms with E-state index in [1.54, 1.807) is 5.56 Å². The molecule has 1 aromatic carbocycles. The predicted octanol–water partition coefficient (Wildman–Crippen LogP) is 2.70. The molecule has 2 nitrogen and oxygen atoms in total. The number of rotatable bonds is 3. The van der Waals surface area contributed by atoms with Gasteiger partial charge in [0.2, 0.25) is 0 Å². The van der Waals surface area contributed by atoms with Crippen LogP contribution in [-0.4, -0.2) is 42.1 Å². The van der Waals surface area contributed by atoms with Gasteiger partial charge in [-0.25, -0.2) is 0 Å². The van der Waals surface area contributed by atoms with Crippen LogP contribution < -0.4 is 5.32 Å². The average molecular weight is 276 g/mol. The SMILES string of the molecule is CCC1CN(CC2CNCc3ccccc32)CCS1. The number of nitrogens with one attached hydrogen (secondary N) is 1. The van der Waals surface area contributed by atoms with Crippen LogP contribution in [0.25, 0.3) is 0 Å². The van der Waals surface area contributed by atoms with E-state index in [1.807, 2.05) is 0 Å². The molecule has 0 aliphatic carbocycles. The molecule has 2 aliphatic rings. The van der Waals surface area contributed by atoms with Crippen LogP contribution in [0.2, 0.25) is 0 Å². The van der Waals surface area contributed by atoms with Crippen molar-refractivity contribution < 1.29 is 0 Å². The Labute approximate surface area is 121 Å². The van der Waals surface area contributed by atoms with Crippen LogP contribution in [0.4, 0.5) is 0 Å². The van der Waals surface area contributed by atoms with Crippen LogP contribution >= 0.6 is 11.8 Å². The summed E-state index contributed by atoms with van der Waals surface area (Å²) in [6.07, 6.45) is 1.31. The molecule has 0 radical (unpaired) electrons. The molecule has 2 atom stereocenters. The Morgan fingerprint density at radius 2 is 2.26 bits per heavy atom. The second-order valence-corrected chi connectivity index (χ2v) is 7.10. The summed E-state index contributed by atoms with van der Waals surface area (Å²) >= 11 is 2.16. The first-order chi connectivity index (χ1) is 9.36. The van der Waals surface area contributed by atoms with E-state index in [-0.39, 0.29) is 0 Å². The average Bonchev–Trinajstić information content (AvgIpc) is 2.48. The summed E-state index contributed by atoms with van der Waals surface area (Å²) in [5.41, 5.74) is 3.07. The molecule has 3 rings (SSSR count). The highest BCUT2D eigenvalue weighted by Crippen LogP contribution is 2.27. The van der Waals surface area contributed by atoms with Gasteiger partial charge in [-0.1, -0.05) is 31.2 Å². The largest absolute Gasteiger partial charge is 0.312 e. The van der Waals surface area contributed by atoms with Gasteiger partial charge in [0, 0.05) is 49.6 Å². The lowest BCUT2D eigenvalue weighted by Gasteiger charge is -2.36. The van der Waals surface area contributed by atoms with Crippen molar-refractivity contribution >= 4 is 11.8 Å². The second-order valence-electron chi connectivity index (χ2n) is 5.69. The van der Waals surface area contributed by atoms with Crippen LogP contribution in [0.15, 0.2) is 24.3 Å². The van der Waals surface area contributed by atoms with Crippen LogP contribution in [0.3, 0.4) is 0 Å². The van der Waals surface area contributed by atoms with Crippen molar-refractivity contribution in [2.75, 3.05) is 31.9 Å². The van der Waals surface area contributed by atoms with E-state index in [9.17, 15) is 0 Å². The number of fused-ring (bicyclic) bond motifs is 1. The molecule has 1 aromatic rings. The molecule has 0 bridgehead atoms. The highest BCUT2D eigenvalue weighted by molar-refractivity contribution is 8.00. The molecule has 19 heavy (non-hydrogen) atoms. The fourth-order valence-corrected chi connectivity index (χ4v) is 4.50. The third-order valence-corrected chi connectivity index (χ3v) is 5.73. The highest BCUT2D eigenvalue weighted by Gasteiger charge is 2.25. The maximum atomic E-state index is 3.57. The molecule has 104 valence electrons. The third-order valence-electron chi connectivity index (χ3n) is 4.36. The van der Waals surface area contributed by atoms with Crippen molar-refractivity contribution in [3.8, 4) is 0 Å². The standard InChI is InChI=1S/C16H24N2S/c1-2-15-12-18(7-8-19-15)11-14-10-17-9-13-5-3-4-6-16(13)14/h3-6,14-15,17H,2,7-12H2,1H3. The molecular formula is C16H24N2S. The number of benzene rings is 1. The summed E-state index contributed by atoms with van der Waals surface area (Å²) in [4.78, 5) is 2.68. The molecule has 2 unspecified atom stereocenters. The summed E-state index contributed by atoms with van der Waals surface area (Å²) in [7, 11) is 0. The lowest BCUT2D eigenvalue weighted by Crippen LogP contribution is -2.42. The molecule has 1 fully saturated rings. The van der Waals surface area contributed by atoms with E-state index >= 15 is 0 Å². The van der Waals surface area contributed by atoms with Crippen molar-refractivity contribution in [3.05, 3.63) is 35.4 Å². The number of nitrogens with zero attached hydrogens (tertiary/aromatic N) is 1. The zero-order valence-electron chi connectivity index (χ0n) is 11.8. The van der Waals surface area contributed by atoms with Gasteiger partial charge < -0.3 is 10.2 Å². The number of hydrogen-bond donors (Lipinski definition) is 1. The molecule has 0 aromatic heterocycles. The maximum absolute atomic E-state index is 3.57. The number of hydrogen-bond acceptors (Lipinski definition) is 3. The summed E-state index contributed by atoms with van der Waals surface area (Å²) in [5.74, 6) is 1.98. The monoisotopic (exact) mass is 276 g/mol. The Morgan fingerprint density at radius 3 is 3.16 bits per heavy atom. The fraction of sp³-hybridized carbons (Fsp3) is 0.625. The van der Waals surface area contributed by atoms with Crippen LogP contribution in [0, 0.1) is 0 Å². The molecule has 2 heterocycles. The van der Waals surface area contributed by atoms with E-state index in [0.717, 1.165) is 18.3 Å². The Hall–Kier alpha value is -0.510. The zero-order chi connectivity index (χ0) is 13.1. The molecule has 0 spiro atoms. The first-order valence-electron chi connectivity index (χ1n) is 7.49. The first kappa shape index (κ1) is 13.5. The lowest BCUT2D eigenvalue weighted by molar-refractivity contribution is 0.256. The van der Waals surface area contributed by atoms with E-state index in [2.05, 4.69) is 53.2 Å². The van der Waals surface area contributed by atoms with Gasteiger partial charge in [0.15, 0.2) is 0 Å². The smallest absolute Gasteiger partial charge is 0.0208 e. The Bertz CT molecular complexity index is 421. The topological polar surface area (TPSA) is 15.3 Å². The minimum absolute atomic E-state index is 0.672. The van der Waals surface area contributed by atoms with Gasteiger partial charge in [-0.15, -0.1) is 0 Å². The van der Waals surface area contributed by atoms with Gasteiger partial charge in [0.05, 0.1) is 0 Å². The van der Waals surface area contributed by atoms with Crippen molar-refractivity contribution in [3.63, 3.8) is 0 Å². The minimum atomic E-state index is 0.672. The predicted molar refractivity (Wildman–Crippen MR) is 83.9 cm³/mol. The Kier molecular flexibility index (Phi) is 4.46. The van der Waals surface area contributed by atoms with Gasteiger partial charge >= 0.3 is 0 Å². The van der Waals surface area contributed by atoms with Crippen LogP contribution in [0.1, 0.15) is 30.4 Å². The Morgan fingerprint density at radius 1 is 1.37 bits per heavy atom. The van der Waals surface area contributed by atoms with Gasteiger partial charge in [0.1, 0.15) is 0 Å². The molecule has 2 aliphatic heterocycles. The lowest BCUT2D eigenvalue weighted by atomic mass is 9.90. The number of thioether (sulfide) groups is 1. The van der Waals surface area contributed by atoms with Crippen molar-refractivity contribution in [2.45, 2.75) is 31.1 Å². The molecule has 1 N–H and O–H groups in total. The molecule has 1 saturated heterocycles. The normalized spacial score (nSPS) is 28.1. The fourth-order valence-electron chi connectivity index (χ4n) is 3.25. The minimum Gasteiger partial charge on any atom is -0.312 e. The van der Waals surface area contributed by atoms with Crippen LogP contribution in [-0.2, 0) is 6.54 Å². The van der Waals surface area contributed by atoms with Gasteiger partial charge in [-0.05, 0) is 17.5 Å². The van der Waals surface area contributed by atoms with E-state index in [1.165, 1.54) is 37.4 Å². The summed E-state index contributed by atoms with van der Waals surface area (Å²) in [5, 5.41) is 4.42. The quantitative estimate of drug-likeness (QED) is 0.914. The summed E-state index contributed by atoms with van der Waals surface area (Å²) in [6.45, 7) is 8.26. The second kappa shape index (κ2) is 6.29. The third kappa shape index (κ3) is 3.15. The first-order valence-corrected chi connectivity index (χ1v) is 8.54. The molecule has 0 amide bonds. The van der Waals surface area contributed by atoms with Crippen molar-refractivity contribution in [1.29, 1.82) is 0 Å². The Balaban J connectivity index is 1.67. The van der Waals surface area contributed by atoms with E-state index < -0.39 is 0 Å². The molecular weight excluding hydrogens is 252 g/mol. The maximum Gasteiger partial charge on any atom is 0.0208 e. The van der Waals surface area contributed by atoms with Gasteiger partial charge in [-0.3, -0.25) is 0 Å². The summed E-state index contributed by atoms with van der Waals surface area (Å²) in [6, 6.07) is 8.96. The molecule has 3 heteroatoms. The van der Waals surface area contributed by atoms with Crippen molar-refractivity contribution in [1.82, 2.24) is 10.2 Å². The van der Waals surface area contributed by atoms with Crippen LogP contribution in [0.5, 0.6) is 0 Å². The van der Waals surface area contributed by atoms with E-state index in [0.29, 0.717) is 5.92 Å².